The van der Waals surface area contributed by atoms with Crippen molar-refractivity contribution in [1.82, 2.24) is 0 Å². The molecular formula is C33H62O7. The third kappa shape index (κ3) is 26.8. The summed E-state index contributed by atoms with van der Waals surface area (Å²) in [6.45, 7) is 4.07. The van der Waals surface area contributed by atoms with Crippen molar-refractivity contribution in [3.63, 3.8) is 0 Å². The molecule has 0 aliphatic rings. The van der Waals surface area contributed by atoms with E-state index in [1.54, 1.807) is 0 Å². The van der Waals surface area contributed by atoms with Crippen LogP contribution in [0.15, 0.2) is 12.2 Å². The molecule has 0 rings (SSSR count). The fourth-order valence-corrected chi connectivity index (χ4v) is 4.52. The molecule has 7 nitrogen and oxygen atoms in total. The van der Waals surface area contributed by atoms with Gasteiger partial charge in [-0.1, -0.05) is 116 Å². The molecule has 7 heteroatoms. The molecule has 0 bridgehead atoms. The van der Waals surface area contributed by atoms with Gasteiger partial charge in [-0.25, -0.2) is 0 Å². The van der Waals surface area contributed by atoms with E-state index in [4.69, 9.17) is 9.47 Å². The summed E-state index contributed by atoms with van der Waals surface area (Å²) in [7, 11) is 0. The van der Waals surface area contributed by atoms with Crippen molar-refractivity contribution in [2.24, 2.45) is 0 Å². The average Bonchev–Trinajstić information content (AvgIpc) is 2.95. The standard InChI is InChI=1S/C33H62O7/c1-3-5-7-9-11-12-13-17-21-25-32(37)39-27-29(34)28-40-33(38)26-22-18-14-16-20-24-31(36)30(35)23-19-15-10-8-6-4-2/h15,19,29-31,34-36H,3-14,16-18,20-28H2,1-2H3/b19-15-/t29-,30+,31+/m0/s1. The van der Waals surface area contributed by atoms with Gasteiger partial charge in [0.05, 0.1) is 12.2 Å². The van der Waals surface area contributed by atoms with Gasteiger partial charge in [-0.15, -0.1) is 0 Å². The van der Waals surface area contributed by atoms with E-state index in [0.29, 0.717) is 25.7 Å². The van der Waals surface area contributed by atoms with Crippen LogP contribution < -0.4 is 0 Å². The number of hydrogen-bond donors (Lipinski definition) is 3. The number of rotatable bonds is 29. The van der Waals surface area contributed by atoms with Crippen molar-refractivity contribution in [3.05, 3.63) is 12.2 Å². The first-order chi connectivity index (χ1) is 19.4. The summed E-state index contributed by atoms with van der Waals surface area (Å²) in [5.74, 6) is -0.675. The Bertz CT molecular complexity index is 608. The maximum atomic E-state index is 11.9. The molecule has 0 fully saturated rings. The molecule has 0 unspecified atom stereocenters. The molecule has 236 valence electrons. The van der Waals surface area contributed by atoms with Crippen molar-refractivity contribution in [2.45, 2.75) is 173 Å². The predicted octanol–water partition coefficient (Wildman–Crippen LogP) is 7.33. The normalized spacial score (nSPS) is 13.8. The summed E-state index contributed by atoms with van der Waals surface area (Å²) in [5, 5.41) is 30.1. The van der Waals surface area contributed by atoms with Crippen LogP contribution in [0.1, 0.15) is 155 Å². The molecule has 0 aromatic rings. The van der Waals surface area contributed by atoms with E-state index >= 15 is 0 Å². The van der Waals surface area contributed by atoms with Gasteiger partial charge in [0.2, 0.25) is 0 Å². The molecule has 0 saturated carbocycles. The Morgan fingerprint density at radius 1 is 0.575 bits per heavy atom. The highest BCUT2D eigenvalue weighted by molar-refractivity contribution is 5.69. The molecule has 0 saturated heterocycles. The van der Waals surface area contributed by atoms with E-state index in [0.717, 1.165) is 51.4 Å². The lowest BCUT2D eigenvalue weighted by molar-refractivity contribution is -0.152. The smallest absolute Gasteiger partial charge is 0.305 e. The lowest BCUT2D eigenvalue weighted by atomic mass is 10.0. The second kappa shape index (κ2) is 29.1. The summed E-state index contributed by atoms with van der Waals surface area (Å²) in [6.07, 6.45) is 22.9. The zero-order valence-corrected chi connectivity index (χ0v) is 25.8. The largest absolute Gasteiger partial charge is 0.463 e. The van der Waals surface area contributed by atoms with Gasteiger partial charge in [0, 0.05) is 12.8 Å². The fraction of sp³-hybridized carbons (Fsp3) is 0.879. The Kier molecular flexibility index (Phi) is 28.0. The van der Waals surface area contributed by atoms with Crippen molar-refractivity contribution in [1.29, 1.82) is 0 Å². The van der Waals surface area contributed by atoms with Crippen LogP contribution in [-0.2, 0) is 19.1 Å². The zero-order chi connectivity index (χ0) is 29.7. The first kappa shape index (κ1) is 38.6. The van der Waals surface area contributed by atoms with E-state index in [1.165, 1.54) is 57.8 Å². The zero-order valence-electron chi connectivity index (χ0n) is 25.8. The molecule has 40 heavy (non-hydrogen) atoms. The summed E-state index contributed by atoms with van der Waals surface area (Å²) >= 11 is 0. The lowest BCUT2D eigenvalue weighted by Crippen LogP contribution is -2.25. The van der Waals surface area contributed by atoms with Crippen LogP contribution in [0.3, 0.4) is 0 Å². The Hall–Kier alpha value is -1.44. The average molecular weight is 571 g/mol. The van der Waals surface area contributed by atoms with Gasteiger partial charge in [0.15, 0.2) is 0 Å². The summed E-state index contributed by atoms with van der Waals surface area (Å²) in [6, 6.07) is 0. The van der Waals surface area contributed by atoms with E-state index in [2.05, 4.69) is 19.9 Å². The van der Waals surface area contributed by atoms with Crippen LogP contribution in [0.25, 0.3) is 0 Å². The Labute approximate surface area is 245 Å². The van der Waals surface area contributed by atoms with Crippen LogP contribution in [0.5, 0.6) is 0 Å². The number of carbonyl (C=O) groups is 2. The van der Waals surface area contributed by atoms with Crippen LogP contribution >= 0.6 is 0 Å². The number of allylic oxidation sites excluding steroid dienone is 1. The summed E-state index contributed by atoms with van der Waals surface area (Å²) in [5.41, 5.74) is 0. The van der Waals surface area contributed by atoms with Crippen LogP contribution in [0.4, 0.5) is 0 Å². The maximum absolute atomic E-state index is 11.9. The maximum Gasteiger partial charge on any atom is 0.305 e. The highest BCUT2D eigenvalue weighted by Crippen LogP contribution is 2.14. The van der Waals surface area contributed by atoms with Crippen molar-refractivity contribution in [2.75, 3.05) is 13.2 Å². The molecule has 0 aliphatic carbocycles. The first-order valence-electron chi connectivity index (χ1n) is 16.4. The van der Waals surface area contributed by atoms with E-state index in [9.17, 15) is 24.9 Å². The fourth-order valence-electron chi connectivity index (χ4n) is 4.52. The van der Waals surface area contributed by atoms with Gasteiger partial charge >= 0.3 is 11.9 Å². The molecule has 0 aliphatic heterocycles. The minimum Gasteiger partial charge on any atom is -0.463 e. The topological polar surface area (TPSA) is 113 Å². The third-order valence-electron chi connectivity index (χ3n) is 7.20. The van der Waals surface area contributed by atoms with E-state index in [-0.39, 0.29) is 31.6 Å². The molecule has 0 spiro atoms. The molecule has 0 aromatic carbocycles. The monoisotopic (exact) mass is 570 g/mol. The van der Waals surface area contributed by atoms with Gasteiger partial charge in [-0.2, -0.15) is 0 Å². The minimum atomic E-state index is -1.01. The second-order valence-electron chi connectivity index (χ2n) is 11.2. The quantitative estimate of drug-likeness (QED) is 0.0490. The summed E-state index contributed by atoms with van der Waals surface area (Å²) < 4.78 is 10.2. The number of aliphatic hydroxyl groups is 3. The van der Waals surface area contributed by atoms with Crippen LogP contribution in [0, 0.1) is 0 Å². The molecule has 3 atom stereocenters. The predicted molar refractivity (Wildman–Crippen MR) is 162 cm³/mol. The second-order valence-corrected chi connectivity index (χ2v) is 11.2. The molecule has 0 heterocycles. The highest BCUT2D eigenvalue weighted by Gasteiger charge is 2.14. The molecule has 0 amide bonds. The van der Waals surface area contributed by atoms with Crippen LogP contribution in [0.2, 0.25) is 0 Å². The van der Waals surface area contributed by atoms with Gasteiger partial charge in [0.1, 0.15) is 19.3 Å². The summed E-state index contributed by atoms with van der Waals surface area (Å²) in [4.78, 5) is 23.7. The molecule has 3 N–H and O–H groups in total. The number of ether oxygens (including phenoxy) is 2. The Balaban J connectivity index is 3.60. The van der Waals surface area contributed by atoms with E-state index < -0.39 is 18.3 Å². The number of hydrogen-bond acceptors (Lipinski definition) is 7. The number of esters is 2. The third-order valence-corrected chi connectivity index (χ3v) is 7.20. The van der Waals surface area contributed by atoms with Gasteiger partial charge in [-0.3, -0.25) is 9.59 Å². The molecule has 0 aromatic heterocycles. The SMILES string of the molecule is CCCCC/C=C\C[C@@H](O)[C@H](O)CCCCCCCC(=O)OC[C@@H](O)COC(=O)CCCCCCCCCCC. The van der Waals surface area contributed by atoms with Gasteiger partial charge in [0.25, 0.3) is 0 Å². The number of carbonyl (C=O) groups excluding carboxylic acids is 2. The Morgan fingerprint density at radius 2 is 1.02 bits per heavy atom. The van der Waals surface area contributed by atoms with Crippen molar-refractivity contribution in [3.8, 4) is 0 Å². The van der Waals surface area contributed by atoms with Crippen molar-refractivity contribution < 1.29 is 34.4 Å². The number of unbranched alkanes of at least 4 members (excludes halogenated alkanes) is 15. The van der Waals surface area contributed by atoms with Crippen molar-refractivity contribution >= 4 is 11.9 Å². The van der Waals surface area contributed by atoms with E-state index in [1.807, 2.05) is 6.08 Å². The minimum absolute atomic E-state index is 0.153. The number of aliphatic hydroxyl groups excluding tert-OH is 3. The molecular weight excluding hydrogens is 508 g/mol. The highest BCUT2D eigenvalue weighted by atomic mass is 16.6. The first-order valence-corrected chi connectivity index (χ1v) is 16.4. The van der Waals surface area contributed by atoms with Gasteiger partial charge < -0.3 is 24.8 Å². The Morgan fingerprint density at radius 3 is 1.55 bits per heavy atom. The van der Waals surface area contributed by atoms with Crippen LogP contribution in [-0.4, -0.2) is 58.8 Å². The lowest BCUT2D eigenvalue weighted by Gasteiger charge is -2.16. The van der Waals surface area contributed by atoms with Gasteiger partial charge in [-0.05, 0) is 38.5 Å². The molecule has 0 radical (unpaired) electrons.